The average Bonchev–Trinajstić information content (AvgIpc) is 2.39. The lowest BCUT2D eigenvalue weighted by Crippen LogP contribution is -2.23. The van der Waals surface area contributed by atoms with Crippen molar-refractivity contribution in [3.05, 3.63) is 12.4 Å². The van der Waals surface area contributed by atoms with Gasteiger partial charge in [0.1, 0.15) is 0 Å². The highest BCUT2D eigenvalue weighted by Crippen LogP contribution is 2.08. The fourth-order valence-electron chi connectivity index (χ4n) is 0.656. The molecule has 62 valence electrons. The fourth-order valence-corrected chi connectivity index (χ4v) is 0.656. The Morgan fingerprint density at radius 2 is 2.36 bits per heavy atom. The quantitative estimate of drug-likeness (QED) is 0.704. The van der Waals surface area contributed by atoms with Gasteiger partial charge in [0, 0.05) is 6.20 Å². The molecule has 0 aromatic carbocycles. The second-order valence-electron chi connectivity index (χ2n) is 2.25. The molecule has 0 saturated carbocycles. The lowest BCUT2D eigenvalue weighted by atomic mass is 10.3. The van der Waals surface area contributed by atoms with Gasteiger partial charge in [-0.05, 0) is 6.92 Å². The zero-order valence-electron chi connectivity index (χ0n) is 6.01. The second kappa shape index (κ2) is 3.32. The van der Waals surface area contributed by atoms with Crippen molar-refractivity contribution in [2.45, 2.75) is 19.4 Å². The molecule has 3 nitrogen and oxygen atoms in total. The third kappa shape index (κ3) is 2.18. The third-order valence-corrected chi connectivity index (χ3v) is 1.27. The maximum atomic E-state index is 11.9. The van der Waals surface area contributed by atoms with Gasteiger partial charge in [-0.1, -0.05) is 0 Å². The van der Waals surface area contributed by atoms with Crippen LogP contribution in [0.4, 0.5) is 14.5 Å². The van der Waals surface area contributed by atoms with E-state index in [4.69, 9.17) is 0 Å². The molecular formula is C6H9F2N3. The molecule has 0 radical (unpaired) electrons. The summed E-state index contributed by atoms with van der Waals surface area (Å²) in [7, 11) is 0. The Morgan fingerprint density at radius 1 is 1.64 bits per heavy atom. The van der Waals surface area contributed by atoms with E-state index in [1.807, 2.05) is 0 Å². The first kappa shape index (κ1) is 7.97. The topological polar surface area (TPSA) is 40.7 Å². The summed E-state index contributed by atoms with van der Waals surface area (Å²) in [4.78, 5) is 0. The van der Waals surface area contributed by atoms with Crippen LogP contribution in [-0.4, -0.2) is 22.7 Å². The number of anilines is 1. The van der Waals surface area contributed by atoms with Crippen molar-refractivity contribution < 1.29 is 8.78 Å². The summed E-state index contributed by atoms with van der Waals surface area (Å²) in [6, 6.07) is -0.840. The smallest absolute Gasteiger partial charge is 0.258 e. The van der Waals surface area contributed by atoms with Gasteiger partial charge in [0.05, 0.1) is 17.9 Å². The van der Waals surface area contributed by atoms with Crippen LogP contribution >= 0.6 is 0 Å². The summed E-state index contributed by atoms with van der Waals surface area (Å²) in [5.41, 5.74) is 0.581. The number of halogens is 2. The van der Waals surface area contributed by atoms with Crippen LogP contribution < -0.4 is 5.32 Å². The van der Waals surface area contributed by atoms with Gasteiger partial charge in [-0.25, -0.2) is 8.78 Å². The van der Waals surface area contributed by atoms with E-state index in [-0.39, 0.29) is 0 Å². The molecule has 0 aliphatic heterocycles. The van der Waals surface area contributed by atoms with Crippen molar-refractivity contribution in [3.8, 4) is 0 Å². The summed E-state index contributed by atoms with van der Waals surface area (Å²) in [6.45, 7) is 1.41. The van der Waals surface area contributed by atoms with Crippen LogP contribution in [-0.2, 0) is 0 Å². The average molecular weight is 161 g/mol. The van der Waals surface area contributed by atoms with Crippen molar-refractivity contribution in [1.29, 1.82) is 0 Å². The molecule has 0 saturated heterocycles. The summed E-state index contributed by atoms with van der Waals surface area (Å²) in [5, 5.41) is 8.70. The monoisotopic (exact) mass is 161 g/mol. The molecule has 2 N–H and O–H groups in total. The molecule has 1 aromatic heterocycles. The first-order chi connectivity index (χ1) is 5.20. The number of rotatable bonds is 3. The molecule has 0 bridgehead atoms. The van der Waals surface area contributed by atoms with Crippen LogP contribution in [0.15, 0.2) is 12.4 Å². The van der Waals surface area contributed by atoms with Gasteiger partial charge in [0.2, 0.25) is 0 Å². The van der Waals surface area contributed by atoms with Crippen LogP contribution in [0.2, 0.25) is 0 Å². The molecule has 0 aliphatic carbocycles. The fraction of sp³-hybridized carbons (Fsp3) is 0.500. The Labute approximate surface area is 62.8 Å². The maximum absolute atomic E-state index is 11.9. The van der Waals surface area contributed by atoms with E-state index < -0.39 is 12.5 Å². The van der Waals surface area contributed by atoms with Gasteiger partial charge in [-0.3, -0.25) is 5.10 Å². The van der Waals surface area contributed by atoms with Crippen LogP contribution in [0, 0.1) is 0 Å². The molecule has 0 spiro atoms. The molecule has 0 aliphatic rings. The summed E-state index contributed by atoms with van der Waals surface area (Å²) in [6.07, 6.45) is 0.627. The molecule has 0 fully saturated rings. The first-order valence-corrected chi connectivity index (χ1v) is 3.23. The van der Waals surface area contributed by atoms with Crippen molar-refractivity contribution in [2.24, 2.45) is 0 Å². The van der Waals surface area contributed by atoms with Gasteiger partial charge in [0.25, 0.3) is 6.43 Å². The van der Waals surface area contributed by atoms with Gasteiger partial charge in [-0.2, -0.15) is 5.10 Å². The number of aromatic nitrogens is 2. The number of hydrogen-bond acceptors (Lipinski definition) is 2. The highest BCUT2D eigenvalue weighted by atomic mass is 19.3. The van der Waals surface area contributed by atoms with E-state index in [0.29, 0.717) is 5.69 Å². The normalized spacial score (nSPS) is 13.5. The first-order valence-electron chi connectivity index (χ1n) is 3.23. The summed E-state index contributed by atoms with van der Waals surface area (Å²) in [5.74, 6) is 0. The lowest BCUT2D eigenvalue weighted by Gasteiger charge is -2.11. The molecule has 1 aromatic rings. The Balaban J connectivity index is 2.43. The van der Waals surface area contributed by atoms with Crippen LogP contribution in [0.5, 0.6) is 0 Å². The van der Waals surface area contributed by atoms with Crippen LogP contribution in [0.25, 0.3) is 0 Å². The number of nitrogens with zero attached hydrogens (tertiary/aromatic N) is 1. The summed E-state index contributed by atoms with van der Waals surface area (Å²) >= 11 is 0. The van der Waals surface area contributed by atoms with Gasteiger partial charge in [-0.15, -0.1) is 0 Å². The number of H-pyrrole nitrogens is 1. The number of alkyl halides is 2. The van der Waals surface area contributed by atoms with E-state index in [1.165, 1.54) is 19.3 Å². The highest BCUT2D eigenvalue weighted by Gasteiger charge is 2.13. The largest absolute Gasteiger partial charge is 0.374 e. The highest BCUT2D eigenvalue weighted by molar-refractivity contribution is 5.38. The van der Waals surface area contributed by atoms with Crippen molar-refractivity contribution in [1.82, 2.24) is 10.2 Å². The molecule has 1 heterocycles. The molecule has 1 unspecified atom stereocenters. The lowest BCUT2D eigenvalue weighted by molar-refractivity contribution is 0.131. The van der Waals surface area contributed by atoms with Crippen molar-refractivity contribution in [3.63, 3.8) is 0 Å². The number of aromatic amines is 1. The van der Waals surface area contributed by atoms with Crippen molar-refractivity contribution >= 4 is 5.69 Å². The zero-order chi connectivity index (χ0) is 8.27. The molecule has 1 rings (SSSR count). The van der Waals surface area contributed by atoms with Crippen LogP contribution in [0.3, 0.4) is 0 Å². The van der Waals surface area contributed by atoms with E-state index >= 15 is 0 Å². The standard InChI is InChI=1S/C6H9F2N3/c1-4(6(7)8)11-5-2-9-10-3-5/h2-4,6,11H,1H3,(H,9,10). The van der Waals surface area contributed by atoms with Crippen LogP contribution in [0.1, 0.15) is 6.92 Å². The van der Waals surface area contributed by atoms with Gasteiger partial charge >= 0.3 is 0 Å². The van der Waals surface area contributed by atoms with E-state index in [9.17, 15) is 8.78 Å². The van der Waals surface area contributed by atoms with Gasteiger partial charge < -0.3 is 5.32 Å². The molecule has 1 atom stereocenters. The SMILES string of the molecule is CC(Nc1cn[nH]c1)C(F)F. The predicted molar refractivity (Wildman–Crippen MR) is 37.7 cm³/mol. The third-order valence-electron chi connectivity index (χ3n) is 1.27. The molecule has 11 heavy (non-hydrogen) atoms. The molecule has 5 heteroatoms. The van der Waals surface area contributed by atoms with Gasteiger partial charge in [0.15, 0.2) is 0 Å². The van der Waals surface area contributed by atoms with Crippen molar-refractivity contribution in [2.75, 3.05) is 5.32 Å². The number of hydrogen-bond donors (Lipinski definition) is 2. The molecule has 0 amide bonds. The van der Waals surface area contributed by atoms with E-state index in [1.54, 1.807) is 0 Å². The number of nitrogens with one attached hydrogen (secondary N) is 2. The minimum atomic E-state index is -2.36. The second-order valence-corrected chi connectivity index (χ2v) is 2.25. The minimum Gasteiger partial charge on any atom is -0.374 e. The molecular weight excluding hydrogens is 152 g/mol. The minimum absolute atomic E-state index is 0.581. The van der Waals surface area contributed by atoms with E-state index in [0.717, 1.165) is 0 Å². The Kier molecular flexibility index (Phi) is 2.40. The predicted octanol–water partition coefficient (Wildman–Crippen LogP) is 1.48. The Bertz CT molecular complexity index is 198. The zero-order valence-corrected chi connectivity index (χ0v) is 6.01. The van der Waals surface area contributed by atoms with E-state index in [2.05, 4.69) is 15.5 Å². The Hall–Kier alpha value is -1.13. The summed E-state index contributed by atoms with van der Waals surface area (Å²) < 4.78 is 23.9. The Morgan fingerprint density at radius 3 is 2.82 bits per heavy atom. The maximum Gasteiger partial charge on any atom is 0.258 e.